The topological polar surface area (TPSA) is 35.2 Å². The molecule has 0 spiro atoms. The second kappa shape index (κ2) is 7.32. The molecule has 2 aromatic carbocycles. The normalized spacial score (nSPS) is 12.2. The molecule has 2 rings (SSSR count). The zero-order chi connectivity index (χ0) is 14.4. The van der Waals surface area contributed by atoms with E-state index in [0.717, 1.165) is 12.2 Å². The second-order valence-corrected chi connectivity index (χ2v) is 5.32. The Labute approximate surface area is 125 Å². The van der Waals surface area contributed by atoms with E-state index in [-0.39, 0.29) is 0 Å². The third-order valence-corrected chi connectivity index (χ3v) is 3.71. The Balaban J connectivity index is 1.91. The van der Waals surface area contributed by atoms with E-state index in [1.165, 1.54) is 11.1 Å². The van der Waals surface area contributed by atoms with Crippen LogP contribution < -0.4 is 10.5 Å². The zero-order valence-electron chi connectivity index (χ0n) is 11.7. The molecular weight excluding hydrogens is 270 g/mol. The van der Waals surface area contributed by atoms with Gasteiger partial charge in [-0.1, -0.05) is 53.6 Å². The molecule has 2 N–H and O–H groups in total. The summed E-state index contributed by atoms with van der Waals surface area (Å²) in [5.41, 5.74) is 8.40. The lowest BCUT2D eigenvalue weighted by molar-refractivity contribution is 0.298. The number of rotatable bonds is 6. The van der Waals surface area contributed by atoms with Crippen LogP contribution in [0.1, 0.15) is 23.5 Å². The highest BCUT2D eigenvalue weighted by atomic mass is 35.5. The molecule has 20 heavy (non-hydrogen) atoms. The fourth-order valence-electron chi connectivity index (χ4n) is 2.13. The van der Waals surface area contributed by atoms with E-state index in [2.05, 4.69) is 31.2 Å². The molecule has 0 amide bonds. The van der Waals surface area contributed by atoms with Gasteiger partial charge in [-0.25, -0.2) is 0 Å². The van der Waals surface area contributed by atoms with Crippen LogP contribution in [0, 0.1) is 6.92 Å². The summed E-state index contributed by atoms with van der Waals surface area (Å²) in [5.74, 6) is 1.05. The van der Waals surface area contributed by atoms with Crippen molar-refractivity contribution in [2.45, 2.75) is 19.3 Å². The Morgan fingerprint density at radius 2 is 1.80 bits per heavy atom. The highest BCUT2D eigenvalue weighted by molar-refractivity contribution is 6.32. The highest BCUT2D eigenvalue weighted by Crippen LogP contribution is 2.25. The Hall–Kier alpha value is -1.51. The number of hydrogen-bond acceptors (Lipinski definition) is 2. The molecule has 0 aliphatic heterocycles. The van der Waals surface area contributed by atoms with Gasteiger partial charge in [-0.05, 0) is 43.5 Å². The summed E-state index contributed by atoms with van der Waals surface area (Å²) in [6, 6.07) is 16.0. The van der Waals surface area contributed by atoms with Crippen molar-refractivity contribution in [3.8, 4) is 5.75 Å². The highest BCUT2D eigenvalue weighted by Gasteiger charge is 2.10. The number of hydrogen-bond donors (Lipinski definition) is 1. The minimum absolute atomic E-state index is 0.318. The molecule has 0 aromatic heterocycles. The molecule has 0 aliphatic rings. The molecule has 3 heteroatoms. The van der Waals surface area contributed by atoms with E-state index in [1.807, 2.05) is 24.3 Å². The van der Waals surface area contributed by atoms with E-state index in [1.54, 1.807) is 0 Å². The number of aryl methyl sites for hydroxylation is 1. The van der Waals surface area contributed by atoms with E-state index in [9.17, 15) is 0 Å². The van der Waals surface area contributed by atoms with Crippen molar-refractivity contribution in [1.82, 2.24) is 0 Å². The van der Waals surface area contributed by atoms with Crippen LogP contribution in [0.25, 0.3) is 0 Å². The van der Waals surface area contributed by atoms with E-state index in [0.29, 0.717) is 24.1 Å². The van der Waals surface area contributed by atoms with E-state index >= 15 is 0 Å². The third-order valence-electron chi connectivity index (χ3n) is 3.39. The maximum absolute atomic E-state index is 6.06. The Morgan fingerprint density at radius 3 is 2.45 bits per heavy atom. The summed E-state index contributed by atoms with van der Waals surface area (Å²) < 4.78 is 5.73. The predicted molar refractivity (Wildman–Crippen MR) is 84.5 cm³/mol. The van der Waals surface area contributed by atoms with Gasteiger partial charge in [0.1, 0.15) is 5.75 Å². The zero-order valence-corrected chi connectivity index (χ0v) is 12.4. The molecule has 0 saturated heterocycles. The maximum atomic E-state index is 6.06. The monoisotopic (exact) mass is 289 g/mol. The Bertz CT molecular complexity index is 539. The number of nitrogens with two attached hydrogens (primary N) is 1. The van der Waals surface area contributed by atoms with Crippen LogP contribution in [0.2, 0.25) is 5.02 Å². The Kier molecular flexibility index (Phi) is 5.45. The summed E-state index contributed by atoms with van der Waals surface area (Å²) in [7, 11) is 0. The SMILES string of the molecule is Cc1ccc(C(CN)CCOc2ccccc2Cl)cc1. The number of ether oxygens (including phenoxy) is 1. The molecule has 0 fully saturated rings. The molecular formula is C17H20ClNO. The first-order valence-electron chi connectivity index (χ1n) is 6.84. The lowest BCUT2D eigenvalue weighted by Gasteiger charge is -2.16. The largest absolute Gasteiger partial charge is 0.492 e. The molecule has 2 nitrogen and oxygen atoms in total. The molecule has 1 atom stereocenters. The Morgan fingerprint density at radius 1 is 1.10 bits per heavy atom. The van der Waals surface area contributed by atoms with Gasteiger partial charge in [0.2, 0.25) is 0 Å². The standard InChI is InChI=1S/C17H20ClNO/c1-13-6-8-14(9-7-13)15(12-19)10-11-20-17-5-3-2-4-16(17)18/h2-9,15H,10-12,19H2,1H3. The van der Waals surface area contributed by atoms with Gasteiger partial charge in [-0.3, -0.25) is 0 Å². The van der Waals surface area contributed by atoms with Crippen LogP contribution in [0.5, 0.6) is 5.75 Å². The number of para-hydroxylation sites is 1. The van der Waals surface area contributed by atoms with Crippen molar-refractivity contribution in [3.05, 3.63) is 64.7 Å². The van der Waals surface area contributed by atoms with E-state index < -0.39 is 0 Å². The summed E-state index contributed by atoms with van der Waals surface area (Å²) in [4.78, 5) is 0. The first kappa shape index (κ1) is 14.9. The van der Waals surface area contributed by atoms with Gasteiger partial charge >= 0.3 is 0 Å². The van der Waals surface area contributed by atoms with E-state index in [4.69, 9.17) is 22.1 Å². The summed E-state index contributed by atoms with van der Waals surface area (Å²) in [6.45, 7) is 3.32. The quantitative estimate of drug-likeness (QED) is 0.866. The summed E-state index contributed by atoms with van der Waals surface area (Å²) >= 11 is 6.06. The van der Waals surface area contributed by atoms with Crippen LogP contribution in [-0.2, 0) is 0 Å². The average molecular weight is 290 g/mol. The third kappa shape index (κ3) is 3.99. The van der Waals surface area contributed by atoms with Crippen LogP contribution in [0.15, 0.2) is 48.5 Å². The van der Waals surface area contributed by atoms with Crippen LogP contribution >= 0.6 is 11.6 Å². The minimum atomic E-state index is 0.318. The van der Waals surface area contributed by atoms with Gasteiger partial charge in [0.05, 0.1) is 11.6 Å². The van der Waals surface area contributed by atoms with Gasteiger partial charge in [0.25, 0.3) is 0 Å². The van der Waals surface area contributed by atoms with Gasteiger partial charge in [0.15, 0.2) is 0 Å². The first-order valence-corrected chi connectivity index (χ1v) is 7.22. The maximum Gasteiger partial charge on any atom is 0.137 e. The van der Waals surface area contributed by atoms with Crippen molar-refractivity contribution >= 4 is 11.6 Å². The van der Waals surface area contributed by atoms with Crippen molar-refractivity contribution in [2.75, 3.05) is 13.2 Å². The molecule has 106 valence electrons. The molecule has 0 heterocycles. The molecule has 2 aromatic rings. The van der Waals surface area contributed by atoms with Crippen molar-refractivity contribution in [3.63, 3.8) is 0 Å². The van der Waals surface area contributed by atoms with Crippen molar-refractivity contribution < 1.29 is 4.74 Å². The summed E-state index contributed by atoms with van der Waals surface area (Å²) in [5, 5.41) is 0.645. The van der Waals surface area contributed by atoms with Gasteiger partial charge in [-0.2, -0.15) is 0 Å². The fraction of sp³-hybridized carbons (Fsp3) is 0.294. The lowest BCUT2D eigenvalue weighted by Crippen LogP contribution is -2.15. The van der Waals surface area contributed by atoms with Crippen LogP contribution in [0.4, 0.5) is 0 Å². The molecule has 0 bridgehead atoms. The molecule has 1 unspecified atom stereocenters. The van der Waals surface area contributed by atoms with Crippen molar-refractivity contribution in [1.29, 1.82) is 0 Å². The number of halogens is 1. The summed E-state index contributed by atoms with van der Waals surface area (Å²) in [6.07, 6.45) is 0.880. The van der Waals surface area contributed by atoms with Gasteiger partial charge < -0.3 is 10.5 Å². The van der Waals surface area contributed by atoms with Crippen LogP contribution in [-0.4, -0.2) is 13.2 Å². The van der Waals surface area contributed by atoms with Gasteiger partial charge in [-0.15, -0.1) is 0 Å². The fourth-order valence-corrected chi connectivity index (χ4v) is 2.32. The molecule has 0 aliphatic carbocycles. The van der Waals surface area contributed by atoms with Crippen LogP contribution in [0.3, 0.4) is 0 Å². The minimum Gasteiger partial charge on any atom is -0.492 e. The smallest absolute Gasteiger partial charge is 0.137 e. The second-order valence-electron chi connectivity index (χ2n) is 4.91. The average Bonchev–Trinajstić information content (AvgIpc) is 2.47. The first-order chi connectivity index (χ1) is 9.70. The molecule has 0 saturated carbocycles. The van der Waals surface area contributed by atoms with Crippen molar-refractivity contribution in [2.24, 2.45) is 5.73 Å². The lowest BCUT2D eigenvalue weighted by atomic mass is 9.95. The van der Waals surface area contributed by atoms with Gasteiger partial charge in [0, 0.05) is 0 Å². The number of benzene rings is 2. The molecule has 0 radical (unpaired) electrons. The predicted octanol–water partition coefficient (Wildman–Crippen LogP) is 4.16.